The molecule has 0 saturated carbocycles. The average molecular weight is 326 g/mol. The van der Waals surface area contributed by atoms with Gasteiger partial charge in [0.25, 0.3) is 0 Å². The molecular weight excluding hydrogens is 300 g/mol. The Morgan fingerprint density at radius 3 is 2.96 bits per heavy atom. The van der Waals surface area contributed by atoms with Crippen molar-refractivity contribution in [2.75, 3.05) is 20.2 Å². The van der Waals surface area contributed by atoms with Gasteiger partial charge < -0.3 is 9.84 Å². The van der Waals surface area contributed by atoms with Gasteiger partial charge in [-0.3, -0.25) is 9.88 Å². The Balaban J connectivity index is 1.68. The minimum absolute atomic E-state index is 0.225. The Hall–Kier alpha value is -1.65. The predicted molar refractivity (Wildman–Crippen MR) is 95.1 cm³/mol. The van der Waals surface area contributed by atoms with Gasteiger partial charge in [-0.15, -0.1) is 0 Å². The number of aromatic nitrogens is 1. The Morgan fingerprint density at radius 1 is 1.38 bits per heavy atom. The van der Waals surface area contributed by atoms with E-state index in [1.54, 1.807) is 13.3 Å². The van der Waals surface area contributed by atoms with E-state index in [1.165, 1.54) is 12.8 Å². The van der Waals surface area contributed by atoms with E-state index in [4.69, 9.17) is 4.74 Å². The highest BCUT2D eigenvalue weighted by Crippen LogP contribution is 2.42. The molecule has 1 aromatic heterocycles. The largest absolute Gasteiger partial charge is 0.497 e. The fourth-order valence-corrected chi connectivity index (χ4v) is 4.71. The zero-order chi connectivity index (χ0) is 16.7. The van der Waals surface area contributed by atoms with E-state index in [-0.39, 0.29) is 6.04 Å². The van der Waals surface area contributed by atoms with Crippen LogP contribution in [0.3, 0.4) is 0 Å². The van der Waals surface area contributed by atoms with Gasteiger partial charge in [0.05, 0.1) is 18.7 Å². The van der Waals surface area contributed by atoms with Gasteiger partial charge in [-0.2, -0.15) is 0 Å². The molecule has 128 valence electrons. The third-order valence-electron chi connectivity index (χ3n) is 6.13. The summed E-state index contributed by atoms with van der Waals surface area (Å²) in [6.45, 7) is 4.55. The lowest BCUT2D eigenvalue weighted by atomic mass is 9.72. The molecule has 2 bridgehead atoms. The second-order valence-corrected chi connectivity index (χ2v) is 7.24. The summed E-state index contributed by atoms with van der Waals surface area (Å²) in [5.74, 6) is 2.37. The summed E-state index contributed by atoms with van der Waals surface area (Å²) in [6, 6.07) is 8.07. The van der Waals surface area contributed by atoms with Gasteiger partial charge in [0.15, 0.2) is 0 Å². The lowest BCUT2D eigenvalue weighted by molar-refractivity contribution is -0.0562. The Bertz CT molecular complexity index is 733. The molecule has 4 heterocycles. The van der Waals surface area contributed by atoms with E-state index in [0.717, 1.165) is 53.6 Å². The van der Waals surface area contributed by atoms with Crippen LogP contribution in [0.5, 0.6) is 5.75 Å². The number of fused-ring (bicyclic) bond motifs is 4. The molecule has 0 radical (unpaired) electrons. The van der Waals surface area contributed by atoms with Crippen molar-refractivity contribution in [2.24, 2.45) is 11.8 Å². The third-order valence-corrected chi connectivity index (χ3v) is 6.13. The fraction of sp³-hybridized carbons (Fsp3) is 0.550. The van der Waals surface area contributed by atoms with Crippen molar-refractivity contribution in [1.29, 1.82) is 0 Å². The van der Waals surface area contributed by atoms with Crippen LogP contribution in [0.25, 0.3) is 10.9 Å². The first-order chi connectivity index (χ1) is 11.7. The first-order valence-electron chi connectivity index (χ1n) is 9.06. The van der Waals surface area contributed by atoms with E-state index in [2.05, 4.69) is 16.8 Å². The summed E-state index contributed by atoms with van der Waals surface area (Å²) in [4.78, 5) is 6.94. The molecule has 1 aromatic carbocycles. The van der Waals surface area contributed by atoms with Crippen LogP contribution in [0, 0.1) is 11.8 Å². The van der Waals surface area contributed by atoms with Crippen LogP contribution in [0.15, 0.2) is 30.5 Å². The zero-order valence-corrected chi connectivity index (χ0v) is 14.5. The number of benzene rings is 1. The van der Waals surface area contributed by atoms with Gasteiger partial charge in [0.2, 0.25) is 0 Å². The second-order valence-electron chi connectivity index (χ2n) is 7.24. The van der Waals surface area contributed by atoms with E-state index in [0.29, 0.717) is 0 Å². The van der Waals surface area contributed by atoms with Gasteiger partial charge in [-0.25, -0.2) is 0 Å². The van der Waals surface area contributed by atoms with Crippen LogP contribution in [0.1, 0.15) is 37.9 Å². The minimum atomic E-state index is -0.469. The van der Waals surface area contributed by atoms with E-state index in [9.17, 15) is 5.11 Å². The molecular formula is C20H26N2O2. The molecule has 1 N–H and O–H groups in total. The quantitative estimate of drug-likeness (QED) is 0.935. The van der Waals surface area contributed by atoms with E-state index >= 15 is 0 Å². The number of ether oxygens (including phenoxy) is 1. The van der Waals surface area contributed by atoms with Gasteiger partial charge in [-0.05, 0) is 61.1 Å². The molecule has 5 atom stereocenters. The molecule has 2 aromatic rings. The summed E-state index contributed by atoms with van der Waals surface area (Å²) >= 11 is 0. The van der Waals surface area contributed by atoms with Crippen LogP contribution < -0.4 is 4.74 Å². The van der Waals surface area contributed by atoms with Gasteiger partial charge in [-0.1, -0.05) is 13.3 Å². The SMILES string of the molecule is CC[C@@H]1CN2CCC1CC2[C@@H](O)c1ccnc2ccc(OC)cc12. The summed E-state index contributed by atoms with van der Waals surface area (Å²) < 4.78 is 5.36. The van der Waals surface area contributed by atoms with Crippen molar-refractivity contribution in [1.82, 2.24) is 9.88 Å². The standard InChI is InChI=1S/C20H26N2O2/c1-3-13-12-22-9-7-14(13)10-19(22)20(23)16-6-8-21-18-5-4-15(24-2)11-17(16)18/h4-6,8,11,13-14,19-20,23H,3,7,9-10,12H2,1-2H3/t13-,14?,19?,20+/m1/s1. The number of nitrogens with zero attached hydrogens (tertiary/aromatic N) is 2. The number of hydrogen-bond donors (Lipinski definition) is 1. The third kappa shape index (κ3) is 2.58. The van der Waals surface area contributed by atoms with Crippen LogP contribution in [0.2, 0.25) is 0 Å². The highest BCUT2D eigenvalue weighted by molar-refractivity contribution is 5.83. The maximum atomic E-state index is 11.2. The lowest BCUT2D eigenvalue weighted by Crippen LogP contribution is -2.55. The van der Waals surface area contributed by atoms with Crippen molar-refractivity contribution in [3.63, 3.8) is 0 Å². The van der Waals surface area contributed by atoms with Crippen LogP contribution in [-0.4, -0.2) is 41.2 Å². The monoisotopic (exact) mass is 326 g/mol. The molecule has 0 amide bonds. The van der Waals surface area contributed by atoms with Crippen molar-refractivity contribution in [3.8, 4) is 5.75 Å². The minimum Gasteiger partial charge on any atom is -0.497 e. The Kier molecular flexibility index (Phi) is 4.19. The molecule has 0 spiro atoms. The first kappa shape index (κ1) is 15.9. The smallest absolute Gasteiger partial charge is 0.119 e. The predicted octanol–water partition coefficient (Wildman–Crippen LogP) is 3.40. The molecule has 3 aliphatic heterocycles. The number of aliphatic hydroxyl groups excluding tert-OH is 1. The zero-order valence-electron chi connectivity index (χ0n) is 14.5. The number of piperidine rings is 3. The van der Waals surface area contributed by atoms with E-state index in [1.807, 2.05) is 24.3 Å². The maximum Gasteiger partial charge on any atom is 0.119 e. The summed E-state index contributed by atoms with van der Waals surface area (Å²) in [5, 5.41) is 12.2. The Morgan fingerprint density at radius 2 is 2.25 bits per heavy atom. The highest BCUT2D eigenvalue weighted by Gasteiger charge is 2.42. The molecule has 3 saturated heterocycles. The lowest BCUT2D eigenvalue weighted by Gasteiger charge is -2.51. The fourth-order valence-electron chi connectivity index (χ4n) is 4.71. The summed E-state index contributed by atoms with van der Waals surface area (Å²) in [6.07, 6.45) is 4.97. The molecule has 5 rings (SSSR count). The highest BCUT2D eigenvalue weighted by atomic mass is 16.5. The second kappa shape index (κ2) is 6.34. The van der Waals surface area contributed by atoms with Crippen LogP contribution in [-0.2, 0) is 0 Å². The maximum absolute atomic E-state index is 11.2. The average Bonchev–Trinajstić information content (AvgIpc) is 2.66. The number of rotatable bonds is 4. The number of hydrogen-bond acceptors (Lipinski definition) is 4. The first-order valence-corrected chi connectivity index (χ1v) is 9.06. The van der Waals surface area contributed by atoms with Crippen molar-refractivity contribution in [2.45, 2.75) is 38.3 Å². The normalized spacial score (nSPS) is 30.5. The molecule has 3 unspecified atom stereocenters. The van der Waals surface area contributed by atoms with Crippen molar-refractivity contribution in [3.05, 3.63) is 36.0 Å². The topological polar surface area (TPSA) is 45.6 Å². The van der Waals surface area contributed by atoms with Gasteiger partial charge in [0.1, 0.15) is 5.75 Å². The summed E-state index contributed by atoms with van der Waals surface area (Å²) in [7, 11) is 1.67. The number of aliphatic hydroxyl groups is 1. The van der Waals surface area contributed by atoms with Gasteiger partial charge >= 0.3 is 0 Å². The van der Waals surface area contributed by atoms with Crippen molar-refractivity contribution < 1.29 is 9.84 Å². The molecule has 0 aliphatic carbocycles. The molecule has 3 aliphatic rings. The van der Waals surface area contributed by atoms with E-state index < -0.39 is 6.10 Å². The Labute approximate surface area is 143 Å². The molecule has 4 nitrogen and oxygen atoms in total. The molecule has 24 heavy (non-hydrogen) atoms. The van der Waals surface area contributed by atoms with Crippen LogP contribution in [0.4, 0.5) is 0 Å². The number of pyridine rings is 1. The molecule has 3 fully saturated rings. The van der Waals surface area contributed by atoms with Crippen molar-refractivity contribution >= 4 is 10.9 Å². The summed E-state index contributed by atoms with van der Waals surface area (Å²) in [5.41, 5.74) is 1.89. The molecule has 4 heteroatoms. The number of methoxy groups -OCH3 is 1. The van der Waals surface area contributed by atoms with Gasteiger partial charge in [0, 0.05) is 24.2 Å². The van der Waals surface area contributed by atoms with Crippen LogP contribution >= 0.6 is 0 Å².